The summed E-state index contributed by atoms with van der Waals surface area (Å²) in [4.78, 5) is 9.80. The fraction of sp³-hybridized carbons (Fsp3) is 0.300. The second-order valence-corrected chi connectivity index (χ2v) is 1.51. The van der Waals surface area contributed by atoms with Crippen LogP contribution in [0.5, 0.6) is 0 Å². The van der Waals surface area contributed by atoms with Crippen molar-refractivity contribution in [3.63, 3.8) is 0 Å². The molecule has 12 heavy (non-hydrogen) atoms. The van der Waals surface area contributed by atoms with Crippen LogP contribution in [0, 0.1) is 0 Å². The molecule has 0 amide bonds. The number of ether oxygens (including phenoxy) is 1. The zero-order chi connectivity index (χ0) is 9.82. The highest BCUT2D eigenvalue weighted by atomic mass is 16.5. The van der Waals surface area contributed by atoms with Crippen molar-refractivity contribution >= 4 is 6.47 Å². The van der Waals surface area contributed by atoms with Crippen LogP contribution < -0.4 is 0 Å². The minimum Gasteiger partial charge on any atom is -0.429 e. The van der Waals surface area contributed by atoms with Crippen LogP contribution in [0.2, 0.25) is 0 Å². The van der Waals surface area contributed by atoms with E-state index >= 15 is 0 Å². The highest BCUT2D eigenvalue weighted by Crippen LogP contribution is 1.95. The summed E-state index contributed by atoms with van der Waals surface area (Å²) in [7, 11) is 0. The predicted molar refractivity (Wildman–Crippen MR) is 51.6 cm³/mol. The largest absolute Gasteiger partial charge is 0.429 e. The third-order valence-electron chi connectivity index (χ3n) is 0.838. The lowest BCUT2D eigenvalue weighted by molar-refractivity contribution is -0.124. The Morgan fingerprint density at radius 2 is 2.00 bits per heavy atom. The van der Waals surface area contributed by atoms with Crippen molar-refractivity contribution in [1.29, 1.82) is 0 Å². The van der Waals surface area contributed by atoms with E-state index in [2.05, 4.69) is 11.3 Å². The summed E-state index contributed by atoms with van der Waals surface area (Å²) in [5.74, 6) is 0.452. The molecule has 0 N–H and O–H groups in total. The first-order chi connectivity index (χ1) is 5.85. The standard InChI is InChI=1S/C8H10O2.C2H6/c1-3-5-6-8(4-2)10-7-9;1-2/h3-7H,2H2,1H3;1-2H3/b5-3-,8-6+;. The van der Waals surface area contributed by atoms with Gasteiger partial charge in [-0.15, -0.1) is 0 Å². The van der Waals surface area contributed by atoms with Gasteiger partial charge in [0.2, 0.25) is 0 Å². The van der Waals surface area contributed by atoms with Crippen LogP contribution in [-0.2, 0) is 9.53 Å². The Hall–Kier alpha value is -1.31. The summed E-state index contributed by atoms with van der Waals surface area (Å²) in [6.07, 6.45) is 6.72. The van der Waals surface area contributed by atoms with E-state index in [1.165, 1.54) is 6.08 Å². The van der Waals surface area contributed by atoms with E-state index in [-0.39, 0.29) is 0 Å². The fourth-order valence-electron chi connectivity index (χ4n) is 0.402. The lowest BCUT2D eigenvalue weighted by Gasteiger charge is -1.92. The summed E-state index contributed by atoms with van der Waals surface area (Å²) in [6.45, 7) is 9.69. The molecule has 2 nitrogen and oxygen atoms in total. The lowest BCUT2D eigenvalue weighted by atomic mass is 10.4. The summed E-state index contributed by atoms with van der Waals surface area (Å²) < 4.78 is 4.50. The zero-order valence-corrected chi connectivity index (χ0v) is 7.91. The summed E-state index contributed by atoms with van der Waals surface area (Å²) in [5.41, 5.74) is 0. The second-order valence-electron chi connectivity index (χ2n) is 1.51. The number of hydrogen-bond acceptors (Lipinski definition) is 2. The van der Waals surface area contributed by atoms with Crippen molar-refractivity contribution in [2.45, 2.75) is 20.8 Å². The Kier molecular flexibility index (Phi) is 13.7. The van der Waals surface area contributed by atoms with Crippen LogP contribution in [0.1, 0.15) is 20.8 Å². The molecule has 0 unspecified atom stereocenters. The van der Waals surface area contributed by atoms with E-state index < -0.39 is 0 Å². The van der Waals surface area contributed by atoms with Gasteiger partial charge in [-0.05, 0) is 19.1 Å². The predicted octanol–water partition coefficient (Wildman–Crippen LogP) is 2.83. The maximum Gasteiger partial charge on any atom is 0.298 e. The summed E-state index contributed by atoms with van der Waals surface area (Å²) in [6, 6.07) is 0. The van der Waals surface area contributed by atoms with Crippen molar-refractivity contribution in [3.05, 3.63) is 36.6 Å². The Morgan fingerprint density at radius 1 is 1.42 bits per heavy atom. The lowest BCUT2D eigenvalue weighted by Crippen LogP contribution is -1.83. The highest BCUT2D eigenvalue weighted by Gasteiger charge is 1.84. The first-order valence-corrected chi connectivity index (χ1v) is 3.91. The van der Waals surface area contributed by atoms with Crippen LogP contribution in [0.3, 0.4) is 0 Å². The summed E-state index contributed by atoms with van der Waals surface area (Å²) >= 11 is 0. The molecule has 0 rings (SSSR count). The van der Waals surface area contributed by atoms with Crippen molar-refractivity contribution < 1.29 is 9.53 Å². The average Bonchev–Trinajstić information content (AvgIpc) is 2.15. The highest BCUT2D eigenvalue weighted by molar-refractivity contribution is 5.41. The topological polar surface area (TPSA) is 26.3 Å². The molecule has 0 fully saturated rings. The van der Waals surface area contributed by atoms with Crippen LogP contribution in [-0.4, -0.2) is 6.47 Å². The molecule has 0 aromatic carbocycles. The van der Waals surface area contributed by atoms with Gasteiger partial charge in [0.15, 0.2) is 0 Å². The number of carbonyl (C=O) groups excluding carboxylic acids is 1. The van der Waals surface area contributed by atoms with Gasteiger partial charge < -0.3 is 4.74 Å². The number of allylic oxidation sites excluding steroid dienone is 4. The normalized spacial score (nSPS) is 10.1. The fourth-order valence-corrected chi connectivity index (χ4v) is 0.402. The molecule has 0 spiro atoms. The van der Waals surface area contributed by atoms with Gasteiger partial charge in [-0.2, -0.15) is 0 Å². The quantitative estimate of drug-likeness (QED) is 0.366. The molecule has 0 saturated heterocycles. The maximum atomic E-state index is 9.80. The Bertz CT molecular complexity index is 167. The smallest absolute Gasteiger partial charge is 0.298 e. The van der Waals surface area contributed by atoms with Crippen molar-refractivity contribution in [3.8, 4) is 0 Å². The summed E-state index contributed by atoms with van der Waals surface area (Å²) in [5, 5.41) is 0. The first-order valence-electron chi connectivity index (χ1n) is 3.91. The van der Waals surface area contributed by atoms with Gasteiger partial charge in [0.1, 0.15) is 5.76 Å². The molecule has 0 radical (unpaired) electrons. The third kappa shape index (κ3) is 8.69. The molecule has 0 bridgehead atoms. The second kappa shape index (κ2) is 12.4. The van der Waals surface area contributed by atoms with Crippen LogP contribution in [0.15, 0.2) is 36.6 Å². The maximum absolute atomic E-state index is 9.80. The Morgan fingerprint density at radius 3 is 2.33 bits per heavy atom. The van der Waals surface area contributed by atoms with E-state index in [0.717, 1.165) is 0 Å². The molecule has 0 aromatic rings. The first kappa shape index (κ1) is 13.3. The average molecular weight is 168 g/mol. The molecular weight excluding hydrogens is 152 g/mol. The van der Waals surface area contributed by atoms with Gasteiger partial charge in [0.05, 0.1) is 0 Å². The molecule has 0 saturated carbocycles. The number of hydrogen-bond donors (Lipinski definition) is 0. The number of carbonyl (C=O) groups is 1. The molecule has 2 heteroatoms. The van der Waals surface area contributed by atoms with Crippen molar-refractivity contribution in [1.82, 2.24) is 0 Å². The van der Waals surface area contributed by atoms with Gasteiger partial charge >= 0.3 is 0 Å². The minimum absolute atomic E-state index is 0.372. The molecule has 0 aromatic heterocycles. The van der Waals surface area contributed by atoms with Crippen LogP contribution >= 0.6 is 0 Å². The number of rotatable bonds is 4. The molecule has 68 valence electrons. The minimum atomic E-state index is 0.372. The van der Waals surface area contributed by atoms with Gasteiger partial charge in [-0.1, -0.05) is 32.6 Å². The van der Waals surface area contributed by atoms with E-state index in [0.29, 0.717) is 12.2 Å². The molecule has 0 aliphatic carbocycles. The molecule has 0 aliphatic heterocycles. The molecular formula is C10H16O2. The van der Waals surface area contributed by atoms with Gasteiger partial charge in [0, 0.05) is 0 Å². The monoisotopic (exact) mass is 168 g/mol. The van der Waals surface area contributed by atoms with Gasteiger partial charge in [-0.25, -0.2) is 0 Å². The van der Waals surface area contributed by atoms with E-state index in [1.807, 2.05) is 26.8 Å². The van der Waals surface area contributed by atoms with Gasteiger partial charge in [0.25, 0.3) is 6.47 Å². The van der Waals surface area contributed by atoms with Crippen LogP contribution in [0.25, 0.3) is 0 Å². The molecule has 0 heterocycles. The van der Waals surface area contributed by atoms with E-state index in [1.54, 1.807) is 12.2 Å². The van der Waals surface area contributed by atoms with Crippen molar-refractivity contribution in [2.75, 3.05) is 0 Å². The molecule has 0 aliphatic rings. The van der Waals surface area contributed by atoms with Gasteiger partial charge in [-0.3, -0.25) is 4.79 Å². The Labute approximate surface area is 74.2 Å². The Balaban J connectivity index is 0. The van der Waals surface area contributed by atoms with E-state index in [9.17, 15) is 4.79 Å². The van der Waals surface area contributed by atoms with Crippen LogP contribution in [0.4, 0.5) is 0 Å². The SMILES string of the molecule is C=C/C(=C\C=C/C)OC=O.CC. The molecule has 0 atom stereocenters. The zero-order valence-electron chi connectivity index (χ0n) is 7.91. The van der Waals surface area contributed by atoms with Crippen molar-refractivity contribution in [2.24, 2.45) is 0 Å². The third-order valence-corrected chi connectivity index (χ3v) is 0.838. The van der Waals surface area contributed by atoms with E-state index in [4.69, 9.17) is 0 Å².